The molecule has 0 amide bonds. The van der Waals surface area contributed by atoms with Gasteiger partial charge in [-0.05, 0) is 23.6 Å². The van der Waals surface area contributed by atoms with Crippen LogP contribution >= 0.6 is 15.9 Å². The molecule has 3 heterocycles. The highest BCUT2D eigenvalue weighted by atomic mass is 79.9. The second kappa shape index (κ2) is 7.47. The van der Waals surface area contributed by atoms with Crippen LogP contribution in [-0.4, -0.2) is 19.4 Å². The van der Waals surface area contributed by atoms with E-state index in [9.17, 15) is 0 Å². The van der Waals surface area contributed by atoms with Crippen molar-refractivity contribution >= 4 is 54.5 Å². The monoisotopic (exact) mass is 500 g/mol. The van der Waals surface area contributed by atoms with E-state index in [0.29, 0.717) is 5.65 Å². The van der Waals surface area contributed by atoms with Crippen LogP contribution in [-0.2, 0) is 0 Å². The molecule has 0 aliphatic heterocycles. The van der Waals surface area contributed by atoms with Crippen LogP contribution in [0.4, 0.5) is 0 Å². The van der Waals surface area contributed by atoms with E-state index in [4.69, 9.17) is 15.0 Å². The minimum atomic E-state index is 0.635. The van der Waals surface area contributed by atoms with Gasteiger partial charge in [0.1, 0.15) is 5.65 Å². The van der Waals surface area contributed by atoms with Crippen molar-refractivity contribution in [1.82, 2.24) is 19.4 Å². The molecule has 0 spiro atoms. The average molecular weight is 501 g/mol. The SMILES string of the molecule is Brc1ccc2c3ccccc3n3c4nc(-c5ccccc5)c(-c5ccccc5)nc4nc3c2c1. The Morgan fingerprint density at radius 3 is 1.91 bits per heavy atom. The first-order valence-corrected chi connectivity index (χ1v) is 11.9. The van der Waals surface area contributed by atoms with E-state index in [1.807, 2.05) is 36.4 Å². The normalized spacial score (nSPS) is 11.7. The molecule has 160 valence electrons. The molecule has 0 unspecified atom stereocenters. The van der Waals surface area contributed by atoms with Gasteiger partial charge in [-0.15, -0.1) is 0 Å². The quantitative estimate of drug-likeness (QED) is 0.228. The minimum Gasteiger partial charge on any atom is -0.275 e. The summed E-state index contributed by atoms with van der Waals surface area (Å²) in [5.41, 5.74) is 7.04. The van der Waals surface area contributed by atoms with Crippen LogP contribution in [0.5, 0.6) is 0 Å². The number of aromatic nitrogens is 4. The van der Waals surface area contributed by atoms with Crippen LogP contribution in [0.1, 0.15) is 0 Å². The summed E-state index contributed by atoms with van der Waals surface area (Å²) in [6, 6.07) is 35.2. The van der Waals surface area contributed by atoms with Gasteiger partial charge in [0, 0.05) is 26.4 Å². The maximum atomic E-state index is 5.22. The first kappa shape index (κ1) is 19.4. The van der Waals surface area contributed by atoms with Crippen LogP contribution in [0.3, 0.4) is 0 Å². The molecule has 4 nitrogen and oxygen atoms in total. The summed E-state index contributed by atoms with van der Waals surface area (Å²) in [7, 11) is 0. The van der Waals surface area contributed by atoms with Crippen molar-refractivity contribution in [2.75, 3.05) is 0 Å². The second-order valence-corrected chi connectivity index (χ2v) is 9.19. The summed E-state index contributed by atoms with van der Waals surface area (Å²) in [4.78, 5) is 15.3. The predicted molar refractivity (Wildman–Crippen MR) is 142 cm³/mol. The number of rotatable bonds is 2. The van der Waals surface area contributed by atoms with Crippen molar-refractivity contribution in [2.24, 2.45) is 0 Å². The van der Waals surface area contributed by atoms with E-state index < -0.39 is 0 Å². The Balaban J connectivity index is 1.69. The lowest BCUT2D eigenvalue weighted by Crippen LogP contribution is -1.97. The van der Waals surface area contributed by atoms with Gasteiger partial charge in [0.15, 0.2) is 11.3 Å². The second-order valence-electron chi connectivity index (χ2n) is 8.28. The van der Waals surface area contributed by atoms with E-state index in [-0.39, 0.29) is 0 Å². The van der Waals surface area contributed by atoms with Crippen molar-refractivity contribution in [1.29, 1.82) is 0 Å². The van der Waals surface area contributed by atoms with Crippen LogP contribution in [0.15, 0.2) is 108 Å². The number of hydrogen-bond acceptors (Lipinski definition) is 3. The van der Waals surface area contributed by atoms with Crippen molar-refractivity contribution in [3.63, 3.8) is 0 Å². The Bertz CT molecular complexity index is 1860. The molecular weight excluding hydrogens is 484 g/mol. The molecule has 0 aliphatic rings. The number of hydrogen-bond donors (Lipinski definition) is 0. The number of nitrogens with zero attached hydrogens (tertiary/aromatic N) is 4. The fraction of sp³-hybridized carbons (Fsp3) is 0. The Morgan fingerprint density at radius 1 is 0.529 bits per heavy atom. The lowest BCUT2D eigenvalue weighted by Gasteiger charge is -2.10. The van der Waals surface area contributed by atoms with Gasteiger partial charge in [-0.2, -0.15) is 0 Å². The number of para-hydroxylation sites is 1. The van der Waals surface area contributed by atoms with E-state index in [1.165, 1.54) is 0 Å². The molecule has 4 aromatic carbocycles. The van der Waals surface area contributed by atoms with Gasteiger partial charge < -0.3 is 0 Å². The van der Waals surface area contributed by atoms with Crippen molar-refractivity contribution < 1.29 is 0 Å². The first-order valence-electron chi connectivity index (χ1n) is 11.1. The van der Waals surface area contributed by atoms with Gasteiger partial charge in [-0.3, -0.25) is 4.40 Å². The fourth-order valence-electron chi connectivity index (χ4n) is 4.73. The Labute approximate surface area is 203 Å². The maximum Gasteiger partial charge on any atom is 0.199 e. The molecule has 0 saturated carbocycles. The molecule has 7 aromatic rings. The first-order chi connectivity index (χ1) is 16.8. The maximum absolute atomic E-state index is 5.22. The topological polar surface area (TPSA) is 43.1 Å². The van der Waals surface area contributed by atoms with Gasteiger partial charge in [0.25, 0.3) is 0 Å². The predicted octanol–water partition coefficient (Wildman–Crippen LogP) is 7.68. The molecule has 5 heteroatoms. The minimum absolute atomic E-state index is 0.635. The molecule has 0 N–H and O–H groups in total. The third-order valence-electron chi connectivity index (χ3n) is 6.25. The Kier molecular flexibility index (Phi) is 4.26. The molecule has 0 bridgehead atoms. The van der Waals surface area contributed by atoms with Gasteiger partial charge in [0.05, 0.1) is 16.9 Å². The molecule has 7 rings (SSSR count). The van der Waals surface area contributed by atoms with Gasteiger partial charge in [-0.25, -0.2) is 15.0 Å². The lowest BCUT2D eigenvalue weighted by atomic mass is 10.0. The highest BCUT2D eigenvalue weighted by Crippen LogP contribution is 2.35. The van der Waals surface area contributed by atoms with Crippen molar-refractivity contribution in [2.45, 2.75) is 0 Å². The Morgan fingerprint density at radius 2 is 1.18 bits per heavy atom. The zero-order chi connectivity index (χ0) is 22.6. The van der Waals surface area contributed by atoms with E-state index in [0.717, 1.165) is 60.0 Å². The average Bonchev–Trinajstić information content (AvgIpc) is 3.28. The summed E-state index contributed by atoms with van der Waals surface area (Å²) in [5, 5.41) is 3.38. The van der Waals surface area contributed by atoms with Gasteiger partial charge in [-0.1, -0.05) is 101 Å². The van der Waals surface area contributed by atoms with Crippen LogP contribution in [0.25, 0.3) is 61.1 Å². The Hall–Kier alpha value is -4.09. The summed E-state index contributed by atoms with van der Waals surface area (Å²) >= 11 is 3.64. The fourth-order valence-corrected chi connectivity index (χ4v) is 5.09. The number of pyridine rings is 1. The largest absolute Gasteiger partial charge is 0.275 e. The lowest BCUT2D eigenvalue weighted by molar-refractivity contribution is 1.22. The highest BCUT2D eigenvalue weighted by molar-refractivity contribution is 9.10. The summed E-state index contributed by atoms with van der Waals surface area (Å²) in [6.07, 6.45) is 0. The van der Waals surface area contributed by atoms with Gasteiger partial charge >= 0.3 is 0 Å². The zero-order valence-corrected chi connectivity index (χ0v) is 19.6. The highest BCUT2D eigenvalue weighted by Gasteiger charge is 2.19. The summed E-state index contributed by atoms with van der Waals surface area (Å²) in [6.45, 7) is 0. The number of benzene rings is 4. The molecule has 0 atom stereocenters. The van der Waals surface area contributed by atoms with E-state index >= 15 is 0 Å². The number of imidazole rings is 1. The van der Waals surface area contributed by atoms with E-state index in [1.54, 1.807) is 0 Å². The molecule has 3 aromatic heterocycles. The zero-order valence-electron chi connectivity index (χ0n) is 18.0. The number of fused-ring (bicyclic) bond motifs is 8. The molecule has 0 fully saturated rings. The standard InChI is InChI=1S/C29H17BrN4/c30-20-15-16-21-22-13-7-8-14-24(22)34-28(23(21)17-20)33-27-29(34)32-26(19-11-5-2-6-12-19)25(31-27)18-9-3-1-4-10-18/h1-17H. The molecule has 34 heavy (non-hydrogen) atoms. The number of halogens is 1. The van der Waals surface area contributed by atoms with Crippen molar-refractivity contribution in [3.05, 3.63) is 108 Å². The van der Waals surface area contributed by atoms with Crippen molar-refractivity contribution in [3.8, 4) is 22.5 Å². The van der Waals surface area contributed by atoms with Crippen LogP contribution in [0.2, 0.25) is 0 Å². The van der Waals surface area contributed by atoms with Crippen LogP contribution < -0.4 is 0 Å². The third kappa shape index (κ3) is 2.87. The molecular formula is C29H17BrN4. The smallest absolute Gasteiger partial charge is 0.199 e. The third-order valence-corrected chi connectivity index (χ3v) is 6.74. The molecule has 0 saturated heterocycles. The summed E-state index contributed by atoms with van der Waals surface area (Å²) < 4.78 is 3.16. The van der Waals surface area contributed by atoms with Gasteiger partial charge in [0.2, 0.25) is 0 Å². The molecule has 0 radical (unpaired) electrons. The van der Waals surface area contributed by atoms with Crippen LogP contribution in [0, 0.1) is 0 Å². The van der Waals surface area contributed by atoms with E-state index in [2.05, 4.69) is 87.1 Å². The molecule has 0 aliphatic carbocycles. The summed E-state index contributed by atoms with van der Waals surface area (Å²) in [5.74, 6) is 0.